The topological polar surface area (TPSA) is 33.1 Å². The molecule has 82 valence electrons. The van der Waals surface area contributed by atoms with E-state index in [2.05, 4.69) is 24.0 Å². The van der Waals surface area contributed by atoms with Crippen LogP contribution in [0.4, 0.5) is 0 Å². The lowest BCUT2D eigenvalue weighted by atomic mass is 10.2. The van der Waals surface area contributed by atoms with Crippen LogP contribution in [0.15, 0.2) is 52.5 Å². The average Bonchev–Trinajstić information content (AvgIpc) is 2.33. The minimum absolute atomic E-state index is 0.0298. The number of aryl methyl sites for hydroxylation is 1. The van der Waals surface area contributed by atoms with Crippen LogP contribution in [0.3, 0.4) is 0 Å². The minimum Gasteiger partial charge on any atom is -0.392 e. The average molecular weight is 231 g/mol. The van der Waals surface area contributed by atoms with Crippen molar-refractivity contribution in [1.82, 2.24) is 4.98 Å². The lowest BCUT2D eigenvalue weighted by Gasteiger charge is -2.07. The van der Waals surface area contributed by atoms with Crippen molar-refractivity contribution in [2.45, 2.75) is 23.5 Å². The van der Waals surface area contributed by atoms with Crippen LogP contribution in [-0.4, -0.2) is 10.1 Å². The third kappa shape index (κ3) is 2.43. The van der Waals surface area contributed by atoms with Gasteiger partial charge in [0.1, 0.15) is 5.03 Å². The predicted octanol–water partition coefficient (Wildman–Crippen LogP) is 3.03. The Hall–Kier alpha value is -1.32. The second kappa shape index (κ2) is 5.14. The number of aromatic nitrogens is 1. The van der Waals surface area contributed by atoms with Crippen molar-refractivity contribution < 1.29 is 5.11 Å². The smallest absolute Gasteiger partial charge is 0.106 e. The van der Waals surface area contributed by atoms with Gasteiger partial charge in [-0.15, -0.1) is 0 Å². The zero-order valence-electron chi connectivity index (χ0n) is 9.05. The Morgan fingerprint density at radius 2 is 2.00 bits per heavy atom. The van der Waals surface area contributed by atoms with Gasteiger partial charge in [0.25, 0.3) is 0 Å². The maximum absolute atomic E-state index is 9.21. The number of aliphatic hydroxyl groups excluding tert-OH is 1. The first-order chi connectivity index (χ1) is 7.81. The molecule has 0 saturated heterocycles. The van der Waals surface area contributed by atoms with Crippen molar-refractivity contribution in [3.8, 4) is 0 Å². The molecule has 16 heavy (non-hydrogen) atoms. The molecule has 0 aliphatic heterocycles. The van der Waals surface area contributed by atoms with E-state index in [1.165, 1.54) is 10.5 Å². The summed E-state index contributed by atoms with van der Waals surface area (Å²) >= 11 is 1.59. The lowest BCUT2D eigenvalue weighted by molar-refractivity contribution is 0.278. The van der Waals surface area contributed by atoms with Gasteiger partial charge >= 0.3 is 0 Å². The summed E-state index contributed by atoms with van der Waals surface area (Å²) in [6.45, 7) is 2.10. The number of benzene rings is 1. The molecule has 0 bridgehead atoms. The van der Waals surface area contributed by atoms with Gasteiger partial charge in [-0.25, -0.2) is 4.98 Å². The van der Waals surface area contributed by atoms with Crippen molar-refractivity contribution in [3.05, 3.63) is 53.7 Å². The predicted molar refractivity (Wildman–Crippen MR) is 65.5 cm³/mol. The van der Waals surface area contributed by atoms with E-state index in [0.717, 1.165) is 10.6 Å². The van der Waals surface area contributed by atoms with Gasteiger partial charge in [-0.1, -0.05) is 36.0 Å². The highest BCUT2D eigenvalue weighted by Gasteiger charge is 2.05. The monoisotopic (exact) mass is 231 g/mol. The largest absolute Gasteiger partial charge is 0.392 e. The second-order valence-corrected chi connectivity index (χ2v) is 4.52. The molecule has 0 saturated carbocycles. The fourth-order valence-electron chi connectivity index (χ4n) is 1.41. The van der Waals surface area contributed by atoms with Crippen molar-refractivity contribution >= 4 is 11.8 Å². The van der Waals surface area contributed by atoms with Gasteiger partial charge in [-0.05, 0) is 24.6 Å². The van der Waals surface area contributed by atoms with Gasteiger partial charge in [-0.3, -0.25) is 0 Å². The van der Waals surface area contributed by atoms with Crippen molar-refractivity contribution in [3.63, 3.8) is 0 Å². The maximum atomic E-state index is 9.21. The molecule has 0 aliphatic rings. The number of nitrogens with zero attached hydrogens (tertiary/aromatic N) is 1. The third-order valence-corrected chi connectivity index (χ3v) is 3.56. The summed E-state index contributed by atoms with van der Waals surface area (Å²) in [6.07, 6.45) is 1.75. The van der Waals surface area contributed by atoms with Crippen LogP contribution in [0.1, 0.15) is 11.1 Å². The van der Waals surface area contributed by atoms with Crippen LogP contribution in [-0.2, 0) is 6.61 Å². The molecule has 1 heterocycles. The highest BCUT2D eigenvalue weighted by molar-refractivity contribution is 7.99. The summed E-state index contributed by atoms with van der Waals surface area (Å²) in [5, 5.41) is 10.1. The van der Waals surface area contributed by atoms with Crippen LogP contribution >= 0.6 is 11.8 Å². The van der Waals surface area contributed by atoms with E-state index >= 15 is 0 Å². The molecule has 2 aromatic rings. The zero-order chi connectivity index (χ0) is 11.4. The van der Waals surface area contributed by atoms with E-state index in [1.807, 2.05) is 24.3 Å². The van der Waals surface area contributed by atoms with Crippen LogP contribution in [0, 0.1) is 6.92 Å². The van der Waals surface area contributed by atoms with Crippen LogP contribution in [0.2, 0.25) is 0 Å². The van der Waals surface area contributed by atoms with E-state index in [-0.39, 0.29) is 6.61 Å². The van der Waals surface area contributed by atoms with E-state index in [9.17, 15) is 5.11 Å². The van der Waals surface area contributed by atoms with Gasteiger partial charge in [0.15, 0.2) is 0 Å². The molecule has 1 N–H and O–H groups in total. The summed E-state index contributed by atoms with van der Waals surface area (Å²) in [6, 6.07) is 11.9. The summed E-state index contributed by atoms with van der Waals surface area (Å²) in [4.78, 5) is 5.47. The van der Waals surface area contributed by atoms with Crippen LogP contribution in [0.5, 0.6) is 0 Å². The Labute approximate surface area is 99.4 Å². The first-order valence-corrected chi connectivity index (χ1v) is 5.91. The fraction of sp³-hybridized carbons (Fsp3) is 0.154. The molecular weight excluding hydrogens is 218 g/mol. The summed E-state index contributed by atoms with van der Waals surface area (Å²) < 4.78 is 0. The molecule has 0 atom stereocenters. The molecule has 0 spiro atoms. The van der Waals surface area contributed by atoms with Gasteiger partial charge in [0, 0.05) is 16.7 Å². The molecule has 0 fully saturated rings. The molecule has 1 aromatic heterocycles. The second-order valence-electron chi connectivity index (χ2n) is 3.49. The van der Waals surface area contributed by atoms with Crippen LogP contribution < -0.4 is 0 Å². The highest BCUT2D eigenvalue weighted by Crippen LogP contribution is 2.30. The maximum Gasteiger partial charge on any atom is 0.106 e. The highest BCUT2D eigenvalue weighted by atomic mass is 32.2. The Morgan fingerprint density at radius 1 is 1.19 bits per heavy atom. The lowest BCUT2D eigenvalue weighted by Crippen LogP contribution is -1.90. The minimum atomic E-state index is 0.0298. The van der Waals surface area contributed by atoms with Crippen molar-refractivity contribution in [2.75, 3.05) is 0 Å². The quantitative estimate of drug-likeness (QED) is 0.881. The van der Waals surface area contributed by atoms with Crippen molar-refractivity contribution in [2.24, 2.45) is 0 Å². The number of hydrogen-bond donors (Lipinski definition) is 1. The number of rotatable bonds is 3. The molecule has 0 radical (unpaired) electrons. The number of hydrogen-bond acceptors (Lipinski definition) is 3. The number of pyridine rings is 1. The zero-order valence-corrected chi connectivity index (χ0v) is 9.87. The Morgan fingerprint density at radius 3 is 2.75 bits per heavy atom. The summed E-state index contributed by atoms with van der Waals surface area (Å²) in [5.41, 5.74) is 2.10. The molecule has 2 rings (SSSR count). The molecule has 0 amide bonds. The van der Waals surface area contributed by atoms with E-state index in [1.54, 1.807) is 18.0 Å². The van der Waals surface area contributed by atoms with Gasteiger partial charge in [0.05, 0.1) is 6.61 Å². The molecule has 1 aromatic carbocycles. The van der Waals surface area contributed by atoms with Gasteiger partial charge in [0.2, 0.25) is 0 Å². The molecule has 0 unspecified atom stereocenters. The summed E-state index contributed by atoms with van der Waals surface area (Å²) in [7, 11) is 0. The Bertz CT molecular complexity index is 485. The van der Waals surface area contributed by atoms with Gasteiger partial charge < -0.3 is 5.11 Å². The molecular formula is C13H13NOS. The first kappa shape index (κ1) is 11.2. The molecule has 3 heteroatoms. The first-order valence-electron chi connectivity index (χ1n) is 5.09. The third-order valence-electron chi connectivity index (χ3n) is 2.32. The Balaban J connectivity index is 2.30. The van der Waals surface area contributed by atoms with E-state index in [0.29, 0.717) is 0 Å². The normalized spacial score (nSPS) is 10.4. The van der Waals surface area contributed by atoms with Crippen LogP contribution in [0.25, 0.3) is 0 Å². The summed E-state index contributed by atoms with van der Waals surface area (Å²) in [5.74, 6) is 0. The Kier molecular flexibility index (Phi) is 3.59. The van der Waals surface area contributed by atoms with Crippen molar-refractivity contribution in [1.29, 1.82) is 0 Å². The van der Waals surface area contributed by atoms with Gasteiger partial charge in [-0.2, -0.15) is 0 Å². The molecule has 2 nitrogen and oxygen atoms in total. The standard InChI is InChI=1S/C13H13NOS/c1-10-5-2-3-7-12(10)16-13-11(9-15)6-4-8-14-13/h2-8,15H,9H2,1H3. The number of aliphatic hydroxyl groups is 1. The SMILES string of the molecule is Cc1ccccc1Sc1ncccc1CO. The fourth-order valence-corrected chi connectivity index (χ4v) is 2.37. The van der Waals surface area contributed by atoms with E-state index < -0.39 is 0 Å². The van der Waals surface area contributed by atoms with E-state index in [4.69, 9.17) is 0 Å². The molecule has 0 aliphatic carbocycles.